The summed E-state index contributed by atoms with van der Waals surface area (Å²) in [6, 6.07) is 8.79. The molecule has 0 radical (unpaired) electrons. The average Bonchev–Trinajstić information content (AvgIpc) is 2.41. The van der Waals surface area contributed by atoms with Gasteiger partial charge in [0.15, 0.2) is 0 Å². The Labute approximate surface area is 120 Å². The normalized spacial score (nSPS) is 16.7. The standard InChI is InChI=1S/C17H21N3/c1-12-10-19-17(20-11-12)16(18-2)15-9-4-3-8-14(15)13-6-5-7-13/h3-4,8-11,13,16,18H,5-7H2,1-2H3. The van der Waals surface area contributed by atoms with E-state index >= 15 is 0 Å². The third-order valence-electron chi connectivity index (χ3n) is 4.20. The molecule has 3 nitrogen and oxygen atoms in total. The Kier molecular flexibility index (Phi) is 3.79. The first-order chi connectivity index (χ1) is 9.79. The van der Waals surface area contributed by atoms with Crippen LogP contribution in [0.3, 0.4) is 0 Å². The molecule has 0 saturated heterocycles. The smallest absolute Gasteiger partial charge is 0.149 e. The van der Waals surface area contributed by atoms with Gasteiger partial charge in [0.1, 0.15) is 5.82 Å². The summed E-state index contributed by atoms with van der Waals surface area (Å²) in [4.78, 5) is 8.99. The van der Waals surface area contributed by atoms with Crippen molar-refractivity contribution in [3.05, 3.63) is 59.2 Å². The highest BCUT2D eigenvalue weighted by Crippen LogP contribution is 2.40. The summed E-state index contributed by atoms with van der Waals surface area (Å²) in [5.41, 5.74) is 3.88. The fourth-order valence-corrected chi connectivity index (χ4v) is 2.84. The Bertz CT molecular complexity index is 573. The highest BCUT2D eigenvalue weighted by molar-refractivity contribution is 5.37. The average molecular weight is 267 g/mol. The van der Waals surface area contributed by atoms with Crippen molar-refractivity contribution < 1.29 is 0 Å². The van der Waals surface area contributed by atoms with Gasteiger partial charge in [-0.05, 0) is 49.4 Å². The maximum Gasteiger partial charge on any atom is 0.149 e. The van der Waals surface area contributed by atoms with Gasteiger partial charge in [-0.15, -0.1) is 0 Å². The maximum absolute atomic E-state index is 4.50. The zero-order valence-corrected chi connectivity index (χ0v) is 12.1. The lowest BCUT2D eigenvalue weighted by Crippen LogP contribution is -2.23. The van der Waals surface area contributed by atoms with Gasteiger partial charge in [-0.2, -0.15) is 0 Å². The van der Waals surface area contributed by atoms with Crippen LogP contribution < -0.4 is 5.32 Å². The first kappa shape index (κ1) is 13.3. The molecular weight excluding hydrogens is 246 g/mol. The molecule has 1 saturated carbocycles. The minimum absolute atomic E-state index is 0.0763. The monoisotopic (exact) mass is 267 g/mol. The second-order valence-corrected chi connectivity index (χ2v) is 5.60. The first-order valence-corrected chi connectivity index (χ1v) is 7.34. The number of aryl methyl sites for hydroxylation is 1. The maximum atomic E-state index is 4.50. The predicted octanol–water partition coefficient (Wildman–Crippen LogP) is 3.36. The van der Waals surface area contributed by atoms with Gasteiger partial charge in [0.2, 0.25) is 0 Å². The highest BCUT2D eigenvalue weighted by atomic mass is 15.0. The lowest BCUT2D eigenvalue weighted by atomic mass is 9.77. The van der Waals surface area contributed by atoms with Crippen LogP contribution in [0.4, 0.5) is 0 Å². The highest BCUT2D eigenvalue weighted by Gasteiger charge is 2.26. The van der Waals surface area contributed by atoms with E-state index in [1.807, 2.05) is 26.4 Å². The van der Waals surface area contributed by atoms with Gasteiger partial charge in [-0.3, -0.25) is 0 Å². The SMILES string of the molecule is CNC(c1ncc(C)cn1)c1ccccc1C1CCC1. The summed E-state index contributed by atoms with van der Waals surface area (Å²) >= 11 is 0. The molecule has 0 aliphatic heterocycles. The van der Waals surface area contributed by atoms with E-state index in [9.17, 15) is 0 Å². The molecule has 3 heteroatoms. The zero-order chi connectivity index (χ0) is 13.9. The van der Waals surface area contributed by atoms with Crippen molar-refractivity contribution >= 4 is 0 Å². The molecule has 1 aliphatic rings. The second kappa shape index (κ2) is 5.71. The van der Waals surface area contributed by atoms with Crippen LogP contribution in [0.1, 0.15) is 53.7 Å². The van der Waals surface area contributed by atoms with E-state index in [1.54, 1.807) is 0 Å². The molecule has 3 rings (SSSR count). The fourth-order valence-electron chi connectivity index (χ4n) is 2.84. The largest absolute Gasteiger partial charge is 0.307 e. The van der Waals surface area contributed by atoms with Crippen molar-refractivity contribution in [3.8, 4) is 0 Å². The third-order valence-corrected chi connectivity index (χ3v) is 4.20. The van der Waals surface area contributed by atoms with Gasteiger partial charge < -0.3 is 5.32 Å². The Hall–Kier alpha value is -1.74. The van der Waals surface area contributed by atoms with Crippen LogP contribution in [-0.4, -0.2) is 17.0 Å². The number of rotatable bonds is 4. The molecule has 20 heavy (non-hydrogen) atoms. The predicted molar refractivity (Wildman–Crippen MR) is 80.7 cm³/mol. The lowest BCUT2D eigenvalue weighted by Gasteiger charge is -2.30. The summed E-state index contributed by atoms with van der Waals surface area (Å²) in [5, 5.41) is 3.37. The van der Waals surface area contributed by atoms with Gasteiger partial charge in [0.05, 0.1) is 6.04 Å². The van der Waals surface area contributed by atoms with E-state index in [0.29, 0.717) is 5.92 Å². The van der Waals surface area contributed by atoms with Crippen LogP contribution in [0.25, 0.3) is 0 Å². The van der Waals surface area contributed by atoms with Crippen molar-refractivity contribution in [2.24, 2.45) is 0 Å². The number of benzene rings is 1. The van der Waals surface area contributed by atoms with Crippen molar-refractivity contribution in [1.29, 1.82) is 0 Å². The topological polar surface area (TPSA) is 37.8 Å². The molecule has 0 amide bonds. The Morgan fingerprint density at radius 2 is 1.85 bits per heavy atom. The molecule has 1 atom stereocenters. The number of hydrogen-bond acceptors (Lipinski definition) is 3. The van der Waals surface area contributed by atoms with E-state index in [2.05, 4.69) is 39.6 Å². The summed E-state index contributed by atoms with van der Waals surface area (Å²) in [6.45, 7) is 2.01. The lowest BCUT2D eigenvalue weighted by molar-refractivity contribution is 0.414. The van der Waals surface area contributed by atoms with E-state index in [4.69, 9.17) is 0 Å². The van der Waals surface area contributed by atoms with Crippen LogP contribution >= 0.6 is 0 Å². The molecular formula is C17H21N3. The molecule has 2 aromatic rings. The van der Waals surface area contributed by atoms with Gasteiger partial charge in [-0.1, -0.05) is 30.7 Å². The van der Waals surface area contributed by atoms with Crippen molar-refractivity contribution in [2.75, 3.05) is 7.05 Å². The second-order valence-electron chi connectivity index (χ2n) is 5.60. The molecule has 1 aromatic heterocycles. The number of hydrogen-bond donors (Lipinski definition) is 1. The summed E-state index contributed by atoms with van der Waals surface area (Å²) in [7, 11) is 1.98. The number of nitrogens with one attached hydrogen (secondary N) is 1. The summed E-state index contributed by atoms with van der Waals surface area (Å²) in [6.07, 6.45) is 7.74. The number of aromatic nitrogens is 2. The van der Waals surface area contributed by atoms with E-state index < -0.39 is 0 Å². The van der Waals surface area contributed by atoms with Crippen molar-refractivity contribution in [1.82, 2.24) is 15.3 Å². The number of nitrogens with zero attached hydrogens (tertiary/aromatic N) is 2. The van der Waals surface area contributed by atoms with Crippen LogP contribution in [0.2, 0.25) is 0 Å². The van der Waals surface area contributed by atoms with Gasteiger partial charge in [0, 0.05) is 12.4 Å². The van der Waals surface area contributed by atoms with E-state index in [0.717, 1.165) is 11.4 Å². The van der Waals surface area contributed by atoms with Crippen molar-refractivity contribution in [2.45, 2.75) is 38.1 Å². The third kappa shape index (κ3) is 2.46. The Morgan fingerprint density at radius 1 is 1.15 bits per heavy atom. The van der Waals surface area contributed by atoms with Gasteiger partial charge >= 0.3 is 0 Å². The minimum atomic E-state index is 0.0763. The van der Waals surface area contributed by atoms with E-state index in [1.165, 1.54) is 30.4 Å². The first-order valence-electron chi connectivity index (χ1n) is 7.34. The molecule has 1 unspecified atom stereocenters. The quantitative estimate of drug-likeness (QED) is 0.923. The van der Waals surface area contributed by atoms with E-state index in [-0.39, 0.29) is 6.04 Å². The van der Waals surface area contributed by atoms with Crippen LogP contribution in [0.5, 0.6) is 0 Å². The Morgan fingerprint density at radius 3 is 2.45 bits per heavy atom. The molecule has 104 valence electrons. The van der Waals surface area contributed by atoms with Crippen LogP contribution in [0.15, 0.2) is 36.7 Å². The molecule has 1 aliphatic carbocycles. The molecule has 0 bridgehead atoms. The fraction of sp³-hybridized carbons (Fsp3) is 0.412. The Balaban J connectivity index is 1.98. The molecule has 0 spiro atoms. The molecule has 1 N–H and O–H groups in total. The van der Waals surface area contributed by atoms with Crippen molar-refractivity contribution in [3.63, 3.8) is 0 Å². The zero-order valence-electron chi connectivity index (χ0n) is 12.1. The summed E-state index contributed by atoms with van der Waals surface area (Å²) in [5.74, 6) is 1.57. The summed E-state index contributed by atoms with van der Waals surface area (Å²) < 4.78 is 0. The van der Waals surface area contributed by atoms with Crippen LogP contribution in [0, 0.1) is 6.92 Å². The molecule has 1 heterocycles. The van der Waals surface area contributed by atoms with Crippen LogP contribution in [-0.2, 0) is 0 Å². The molecule has 1 fully saturated rings. The molecule has 1 aromatic carbocycles. The van der Waals surface area contributed by atoms with Gasteiger partial charge in [-0.25, -0.2) is 9.97 Å². The van der Waals surface area contributed by atoms with Gasteiger partial charge in [0.25, 0.3) is 0 Å². The minimum Gasteiger partial charge on any atom is -0.307 e.